The van der Waals surface area contributed by atoms with E-state index < -0.39 is 18.6 Å². The molecule has 0 fully saturated rings. The maximum Gasteiger partial charge on any atom is 0.411 e. The van der Waals surface area contributed by atoms with Gasteiger partial charge in [0.2, 0.25) is 0 Å². The SMILES string of the molecule is CC(NCCOCC(F)(F)F)c1ccc(Cl)c(F)c1. The first-order valence-electron chi connectivity index (χ1n) is 5.62. The molecule has 7 heteroatoms. The Kier molecular flexibility index (Phi) is 6.03. The summed E-state index contributed by atoms with van der Waals surface area (Å²) in [6, 6.07) is 4.17. The molecular formula is C12H14ClF4NO. The van der Waals surface area contributed by atoms with Crippen molar-refractivity contribution in [3.63, 3.8) is 0 Å². The molecule has 0 aliphatic heterocycles. The molecule has 0 aliphatic rings. The molecule has 2 nitrogen and oxygen atoms in total. The molecule has 1 aromatic rings. The Labute approximate surface area is 113 Å². The Morgan fingerprint density at radius 2 is 2.05 bits per heavy atom. The average Bonchev–Trinajstić information content (AvgIpc) is 2.30. The second kappa shape index (κ2) is 7.07. The summed E-state index contributed by atoms with van der Waals surface area (Å²) in [7, 11) is 0. The molecule has 108 valence electrons. The maximum absolute atomic E-state index is 13.2. The van der Waals surface area contributed by atoms with Gasteiger partial charge < -0.3 is 10.1 Å². The van der Waals surface area contributed by atoms with Crippen LogP contribution in [0.25, 0.3) is 0 Å². The fourth-order valence-electron chi connectivity index (χ4n) is 1.44. The molecule has 0 saturated carbocycles. The lowest BCUT2D eigenvalue weighted by Crippen LogP contribution is -2.26. The van der Waals surface area contributed by atoms with Crippen molar-refractivity contribution in [1.29, 1.82) is 0 Å². The Hall–Kier alpha value is -0.850. The van der Waals surface area contributed by atoms with Crippen molar-refractivity contribution in [3.8, 4) is 0 Å². The van der Waals surface area contributed by atoms with E-state index in [4.69, 9.17) is 11.6 Å². The van der Waals surface area contributed by atoms with Gasteiger partial charge in [-0.25, -0.2) is 4.39 Å². The van der Waals surface area contributed by atoms with Gasteiger partial charge >= 0.3 is 6.18 Å². The number of ether oxygens (including phenoxy) is 1. The summed E-state index contributed by atoms with van der Waals surface area (Å²) in [5.74, 6) is -0.527. The third-order valence-electron chi connectivity index (χ3n) is 2.41. The van der Waals surface area contributed by atoms with Gasteiger partial charge in [0.15, 0.2) is 0 Å². The summed E-state index contributed by atoms with van der Waals surface area (Å²) in [6.07, 6.45) is -4.31. The van der Waals surface area contributed by atoms with E-state index in [0.717, 1.165) is 0 Å². The standard InChI is InChI=1S/C12H14ClF4NO/c1-8(9-2-3-10(13)11(14)6-9)18-4-5-19-7-12(15,16)17/h2-3,6,8,18H,4-5,7H2,1H3. The minimum atomic E-state index is -4.31. The summed E-state index contributed by atoms with van der Waals surface area (Å²) >= 11 is 5.55. The van der Waals surface area contributed by atoms with Crippen molar-refractivity contribution in [1.82, 2.24) is 5.32 Å². The Morgan fingerprint density at radius 3 is 2.63 bits per heavy atom. The van der Waals surface area contributed by atoms with E-state index in [1.54, 1.807) is 13.0 Å². The molecule has 0 heterocycles. The van der Waals surface area contributed by atoms with Crippen molar-refractivity contribution in [2.24, 2.45) is 0 Å². The second-order valence-corrected chi connectivity index (χ2v) is 4.42. The summed E-state index contributed by atoms with van der Waals surface area (Å²) in [5.41, 5.74) is 0.665. The molecule has 0 bridgehead atoms. The van der Waals surface area contributed by atoms with Crippen LogP contribution in [-0.4, -0.2) is 25.9 Å². The van der Waals surface area contributed by atoms with E-state index in [2.05, 4.69) is 10.1 Å². The van der Waals surface area contributed by atoms with E-state index >= 15 is 0 Å². The van der Waals surface area contributed by atoms with E-state index in [1.807, 2.05) is 0 Å². The normalized spacial score (nSPS) is 13.6. The lowest BCUT2D eigenvalue weighted by Gasteiger charge is -2.15. The third kappa shape index (κ3) is 6.22. The zero-order valence-corrected chi connectivity index (χ0v) is 11.0. The molecule has 1 rings (SSSR count). The highest BCUT2D eigenvalue weighted by Gasteiger charge is 2.27. The van der Waals surface area contributed by atoms with E-state index in [1.165, 1.54) is 12.1 Å². The first-order valence-corrected chi connectivity index (χ1v) is 6.00. The predicted molar refractivity (Wildman–Crippen MR) is 64.7 cm³/mol. The summed E-state index contributed by atoms with van der Waals surface area (Å²) in [5, 5.41) is 2.96. The Bertz CT molecular complexity index is 411. The number of hydrogen-bond donors (Lipinski definition) is 1. The summed E-state index contributed by atoms with van der Waals surface area (Å²) in [4.78, 5) is 0. The third-order valence-corrected chi connectivity index (χ3v) is 2.71. The zero-order chi connectivity index (χ0) is 14.5. The quantitative estimate of drug-likeness (QED) is 0.639. The minimum Gasteiger partial charge on any atom is -0.371 e. The van der Waals surface area contributed by atoms with Gasteiger partial charge in [-0.1, -0.05) is 17.7 Å². The first kappa shape index (κ1) is 16.2. The number of hydrogen-bond acceptors (Lipinski definition) is 2. The number of rotatable bonds is 6. The van der Waals surface area contributed by atoms with E-state index in [9.17, 15) is 17.6 Å². The molecular weight excluding hydrogens is 286 g/mol. The fraction of sp³-hybridized carbons (Fsp3) is 0.500. The van der Waals surface area contributed by atoms with Crippen LogP contribution in [0.3, 0.4) is 0 Å². The molecule has 0 aliphatic carbocycles. The lowest BCUT2D eigenvalue weighted by atomic mass is 10.1. The molecule has 0 radical (unpaired) electrons. The highest BCUT2D eigenvalue weighted by molar-refractivity contribution is 6.30. The minimum absolute atomic E-state index is 0.0319. The van der Waals surface area contributed by atoms with Crippen LogP contribution >= 0.6 is 11.6 Å². The molecule has 0 aromatic heterocycles. The van der Waals surface area contributed by atoms with Crippen LogP contribution in [0.4, 0.5) is 17.6 Å². The van der Waals surface area contributed by atoms with Crippen molar-refractivity contribution in [2.75, 3.05) is 19.8 Å². The fourth-order valence-corrected chi connectivity index (χ4v) is 1.55. The summed E-state index contributed by atoms with van der Waals surface area (Å²) in [6.45, 7) is 0.673. The van der Waals surface area contributed by atoms with Crippen LogP contribution in [0.2, 0.25) is 5.02 Å². The second-order valence-electron chi connectivity index (χ2n) is 4.02. The highest BCUT2D eigenvalue weighted by Crippen LogP contribution is 2.20. The predicted octanol–water partition coefficient (Wildman–Crippen LogP) is 3.71. The van der Waals surface area contributed by atoms with E-state index in [0.29, 0.717) is 5.56 Å². The van der Waals surface area contributed by atoms with Crippen LogP contribution < -0.4 is 5.32 Å². The summed E-state index contributed by atoms with van der Waals surface area (Å²) < 4.78 is 53.0. The largest absolute Gasteiger partial charge is 0.411 e. The van der Waals surface area contributed by atoms with Crippen molar-refractivity contribution in [2.45, 2.75) is 19.1 Å². The van der Waals surface area contributed by atoms with Crippen molar-refractivity contribution < 1.29 is 22.3 Å². The molecule has 0 saturated heterocycles. The molecule has 0 spiro atoms. The molecule has 1 N–H and O–H groups in total. The van der Waals surface area contributed by atoms with Gasteiger partial charge in [0, 0.05) is 12.6 Å². The average molecular weight is 300 g/mol. The Morgan fingerprint density at radius 1 is 1.37 bits per heavy atom. The van der Waals surface area contributed by atoms with Crippen LogP contribution in [0.15, 0.2) is 18.2 Å². The van der Waals surface area contributed by atoms with Crippen LogP contribution in [-0.2, 0) is 4.74 Å². The number of alkyl halides is 3. The smallest absolute Gasteiger partial charge is 0.371 e. The monoisotopic (exact) mass is 299 g/mol. The van der Waals surface area contributed by atoms with Gasteiger partial charge in [-0.2, -0.15) is 13.2 Å². The molecule has 1 unspecified atom stereocenters. The first-order chi connectivity index (χ1) is 8.79. The zero-order valence-electron chi connectivity index (χ0n) is 10.2. The van der Waals surface area contributed by atoms with E-state index in [-0.39, 0.29) is 24.2 Å². The van der Waals surface area contributed by atoms with Gasteiger partial charge in [-0.15, -0.1) is 0 Å². The van der Waals surface area contributed by atoms with Crippen LogP contribution in [0.1, 0.15) is 18.5 Å². The van der Waals surface area contributed by atoms with Crippen LogP contribution in [0.5, 0.6) is 0 Å². The Balaban J connectivity index is 2.31. The van der Waals surface area contributed by atoms with Gasteiger partial charge in [-0.3, -0.25) is 0 Å². The van der Waals surface area contributed by atoms with Gasteiger partial charge in [0.05, 0.1) is 11.6 Å². The molecule has 0 amide bonds. The topological polar surface area (TPSA) is 21.3 Å². The van der Waals surface area contributed by atoms with Crippen molar-refractivity contribution in [3.05, 3.63) is 34.6 Å². The number of nitrogens with one attached hydrogen (secondary N) is 1. The number of halogens is 5. The molecule has 1 aromatic carbocycles. The maximum atomic E-state index is 13.2. The molecule has 1 atom stereocenters. The van der Waals surface area contributed by atoms with Gasteiger partial charge in [0.25, 0.3) is 0 Å². The number of benzene rings is 1. The lowest BCUT2D eigenvalue weighted by molar-refractivity contribution is -0.173. The molecule has 19 heavy (non-hydrogen) atoms. The van der Waals surface area contributed by atoms with Crippen LogP contribution in [0, 0.1) is 5.82 Å². The van der Waals surface area contributed by atoms with Crippen molar-refractivity contribution >= 4 is 11.6 Å². The van der Waals surface area contributed by atoms with Gasteiger partial charge in [0.1, 0.15) is 12.4 Å². The van der Waals surface area contributed by atoms with Gasteiger partial charge in [-0.05, 0) is 24.6 Å². The highest BCUT2D eigenvalue weighted by atomic mass is 35.5.